The normalized spacial score (nSPS) is 14.9. The maximum absolute atomic E-state index is 11.6. The smallest absolute Gasteiger partial charge is 0.338 e. The lowest BCUT2D eigenvalue weighted by Gasteiger charge is -2.11. The number of aliphatic carboxylic acids is 1. The molecule has 1 aliphatic heterocycles. The third kappa shape index (κ3) is 2.32. The Morgan fingerprint density at radius 1 is 1.50 bits per heavy atom. The number of carbonyl (C=O) groups excluding carboxylic acids is 1. The fourth-order valence-corrected chi connectivity index (χ4v) is 0.961. The first-order valence-electron chi connectivity index (χ1n) is 3.75. The number of hydrogen-bond acceptors (Lipinski definition) is 4. The molecular weight excluding hydrogens is 193 g/mol. The molecular formula is C8H8FNO4. The molecule has 0 spiro atoms. The zero-order chi connectivity index (χ0) is 10.6. The van der Waals surface area contributed by atoms with E-state index in [1.54, 1.807) is 0 Å². The quantitative estimate of drug-likeness (QED) is 0.642. The summed E-state index contributed by atoms with van der Waals surface area (Å²) in [4.78, 5) is 21.5. The van der Waals surface area contributed by atoms with Gasteiger partial charge in [-0.15, -0.1) is 0 Å². The number of alkyl halides is 1. The second-order valence-electron chi connectivity index (χ2n) is 2.53. The number of nitrogens with one attached hydrogen (secondary N) is 1. The van der Waals surface area contributed by atoms with Crippen molar-refractivity contribution in [1.29, 1.82) is 0 Å². The minimum atomic E-state index is -1.22. The predicted octanol–water partition coefficient (Wildman–Crippen LogP) is 0.302. The van der Waals surface area contributed by atoms with Crippen molar-refractivity contribution >= 4 is 11.9 Å². The van der Waals surface area contributed by atoms with Crippen molar-refractivity contribution in [2.45, 2.75) is 6.42 Å². The Labute approximate surface area is 78.9 Å². The van der Waals surface area contributed by atoms with Crippen LogP contribution >= 0.6 is 0 Å². The van der Waals surface area contributed by atoms with E-state index in [1.807, 2.05) is 0 Å². The van der Waals surface area contributed by atoms with Crippen molar-refractivity contribution in [2.24, 2.45) is 0 Å². The Balaban J connectivity index is 2.63. The van der Waals surface area contributed by atoms with E-state index in [1.165, 1.54) is 12.4 Å². The van der Waals surface area contributed by atoms with E-state index in [4.69, 9.17) is 5.11 Å². The molecule has 1 aliphatic rings. The molecule has 0 bridgehead atoms. The van der Waals surface area contributed by atoms with E-state index in [-0.39, 0.29) is 17.6 Å². The Morgan fingerprint density at radius 3 is 2.71 bits per heavy atom. The highest BCUT2D eigenvalue weighted by Crippen LogP contribution is 2.15. The number of carbonyl (C=O) groups is 2. The van der Waals surface area contributed by atoms with Crippen LogP contribution < -0.4 is 5.32 Å². The number of hydrogen-bond donors (Lipinski definition) is 2. The summed E-state index contributed by atoms with van der Waals surface area (Å²) in [6.45, 7) is -1.22. The van der Waals surface area contributed by atoms with Crippen LogP contribution in [0.3, 0.4) is 0 Å². The van der Waals surface area contributed by atoms with Gasteiger partial charge in [-0.05, 0) is 0 Å². The highest BCUT2D eigenvalue weighted by molar-refractivity contribution is 5.94. The van der Waals surface area contributed by atoms with Crippen LogP contribution in [0.2, 0.25) is 0 Å². The third-order valence-electron chi connectivity index (χ3n) is 1.62. The molecule has 0 aliphatic carbocycles. The van der Waals surface area contributed by atoms with E-state index in [0.29, 0.717) is 0 Å². The first-order valence-corrected chi connectivity index (χ1v) is 3.75. The molecule has 6 heteroatoms. The molecule has 1 heterocycles. The van der Waals surface area contributed by atoms with Gasteiger partial charge in [0.15, 0.2) is 0 Å². The SMILES string of the molecule is O=C(O)C1=CNC=C(C(=O)OCF)C1. The van der Waals surface area contributed by atoms with Crippen LogP contribution in [0, 0.1) is 0 Å². The number of carboxylic acids is 1. The molecule has 0 unspecified atom stereocenters. The molecule has 76 valence electrons. The molecule has 0 aromatic rings. The average molecular weight is 201 g/mol. The van der Waals surface area contributed by atoms with Gasteiger partial charge in [0.2, 0.25) is 6.86 Å². The van der Waals surface area contributed by atoms with Crippen LogP contribution in [0.15, 0.2) is 23.5 Å². The lowest BCUT2D eigenvalue weighted by atomic mass is 10.1. The molecule has 0 saturated heterocycles. The van der Waals surface area contributed by atoms with Gasteiger partial charge in [0, 0.05) is 18.8 Å². The molecule has 2 N–H and O–H groups in total. The molecule has 0 atom stereocenters. The maximum Gasteiger partial charge on any atom is 0.338 e. The number of rotatable bonds is 3. The van der Waals surface area contributed by atoms with Gasteiger partial charge in [0.1, 0.15) is 0 Å². The summed E-state index contributed by atoms with van der Waals surface area (Å²) in [5.41, 5.74) is 0.112. The van der Waals surface area contributed by atoms with E-state index < -0.39 is 18.8 Å². The first-order chi connectivity index (χ1) is 6.65. The monoisotopic (exact) mass is 201 g/mol. The van der Waals surface area contributed by atoms with Gasteiger partial charge in [-0.3, -0.25) is 0 Å². The Bertz CT molecular complexity index is 321. The highest BCUT2D eigenvalue weighted by atomic mass is 19.1. The van der Waals surface area contributed by atoms with Crippen molar-refractivity contribution in [1.82, 2.24) is 5.32 Å². The number of dihydropyridines is 1. The van der Waals surface area contributed by atoms with Gasteiger partial charge in [-0.2, -0.15) is 0 Å². The molecule has 0 amide bonds. The molecule has 0 radical (unpaired) electrons. The summed E-state index contributed by atoms with van der Waals surface area (Å²) in [6.07, 6.45) is 2.47. The Morgan fingerprint density at radius 2 is 2.14 bits per heavy atom. The number of ether oxygens (including phenoxy) is 1. The molecule has 1 rings (SSSR count). The minimum absolute atomic E-state index is 0.0262. The van der Waals surface area contributed by atoms with Crippen LogP contribution in [0.4, 0.5) is 4.39 Å². The van der Waals surface area contributed by atoms with Crippen molar-refractivity contribution < 1.29 is 23.8 Å². The molecule has 0 saturated carbocycles. The zero-order valence-electron chi connectivity index (χ0n) is 7.12. The lowest BCUT2D eigenvalue weighted by Crippen LogP contribution is -2.18. The Kier molecular flexibility index (Phi) is 3.22. The summed E-state index contributed by atoms with van der Waals surface area (Å²) >= 11 is 0. The van der Waals surface area contributed by atoms with E-state index in [0.717, 1.165) is 0 Å². The van der Waals surface area contributed by atoms with Crippen LogP contribution in [0.25, 0.3) is 0 Å². The van der Waals surface area contributed by atoms with Crippen molar-refractivity contribution in [3.05, 3.63) is 23.5 Å². The number of esters is 1. The van der Waals surface area contributed by atoms with Crippen LogP contribution in [-0.4, -0.2) is 23.9 Å². The fourth-order valence-electron chi connectivity index (χ4n) is 0.961. The van der Waals surface area contributed by atoms with Gasteiger partial charge < -0.3 is 15.2 Å². The summed E-state index contributed by atoms with van der Waals surface area (Å²) in [6, 6.07) is 0. The molecule has 14 heavy (non-hydrogen) atoms. The number of carboxylic acid groups (broad SMARTS) is 1. The van der Waals surface area contributed by atoms with Gasteiger partial charge in [-0.25, -0.2) is 14.0 Å². The largest absolute Gasteiger partial charge is 0.478 e. The predicted molar refractivity (Wildman–Crippen MR) is 43.6 cm³/mol. The van der Waals surface area contributed by atoms with Crippen LogP contribution in [0.1, 0.15) is 6.42 Å². The molecule has 0 aromatic carbocycles. The van der Waals surface area contributed by atoms with Crippen LogP contribution in [-0.2, 0) is 14.3 Å². The average Bonchev–Trinajstić information content (AvgIpc) is 2.18. The zero-order valence-corrected chi connectivity index (χ0v) is 7.12. The van der Waals surface area contributed by atoms with Gasteiger partial charge in [0.25, 0.3) is 0 Å². The fraction of sp³-hybridized carbons (Fsp3) is 0.250. The van der Waals surface area contributed by atoms with Crippen molar-refractivity contribution in [3.63, 3.8) is 0 Å². The van der Waals surface area contributed by atoms with Gasteiger partial charge in [-0.1, -0.05) is 0 Å². The third-order valence-corrected chi connectivity index (χ3v) is 1.62. The molecule has 0 aromatic heterocycles. The lowest BCUT2D eigenvalue weighted by molar-refractivity contribution is -0.143. The summed E-state index contributed by atoms with van der Waals surface area (Å²) < 4.78 is 15.7. The van der Waals surface area contributed by atoms with Crippen molar-refractivity contribution in [3.8, 4) is 0 Å². The summed E-state index contributed by atoms with van der Waals surface area (Å²) in [5, 5.41) is 11.1. The standard InChI is InChI=1S/C8H8FNO4/c9-4-14-8(13)6-1-5(7(11)12)2-10-3-6/h2-3,10H,1,4H2,(H,11,12). The summed E-state index contributed by atoms with van der Waals surface area (Å²) in [5.74, 6) is -1.98. The first kappa shape index (κ1) is 10.2. The van der Waals surface area contributed by atoms with E-state index in [9.17, 15) is 14.0 Å². The second kappa shape index (κ2) is 4.40. The van der Waals surface area contributed by atoms with E-state index in [2.05, 4.69) is 10.1 Å². The topological polar surface area (TPSA) is 75.6 Å². The second-order valence-corrected chi connectivity index (χ2v) is 2.53. The Hall–Kier alpha value is -1.85. The molecule has 5 nitrogen and oxygen atoms in total. The number of halogens is 1. The van der Waals surface area contributed by atoms with E-state index >= 15 is 0 Å². The maximum atomic E-state index is 11.6. The minimum Gasteiger partial charge on any atom is -0.478 e. The van der Waals surface area contributed by atoms with Gasteiger partial charge >= 0.3 is 11.9 Å². The van der Waals surface area contributed by atoms with Crippen LogP contribution in [0.5, 0.6) is 0 Å². The van der Waals surface area contributed by atoms with Gasteiger partial charge in [0.05, 0.1) is 11.1 Å². The summed E-state index contributed by atoms with van der Waals surface area (Å²) in [7, 11) is 0. The molecule has 0 fully saturated rings. The highest BCUT2D eigenvalue weighted by Gasteiger charge is 2.19. The van der Waals surface area contributed by atoms with Crippen molar-refractivity contribution in [2.75, 3.05) is 6.86 Å².